The van der Waals surface area contributed by atoms with Crippen molar-refractivity contribution < 1.29 is 24.3 Å². The zero-order valence-corrected chi connectivity index (χ0v) is 19.0. The average Bonchev–Trinajstić information content (AvgIpc) is 3.05. The predicted molar refractivity (Wildman–Crippen MR) is 120 cm³/mol. The van der Waals surface area contributed by atoms with Crippen LogP contribution in [0, 0.1) is 0 Å². The number of nitrogens with zero attached hydrogens (tertiary/aromatic N) is 1. The van der Waals surface area contributed by atoms with Gasteiger partial charge in [-0.2, -0.15) is 0 Å². The van der Waals surface area contributed by atoms with E-state index in [1.807, 2.05) is 0 Å². The van der Waals surface area contributed by atoms with Crippen molar-refractivity contribution in [2.45, 2.75) is 12.5 Å². The van der Waals surface area contributed by atoms with E-state index in [1.165, 1.54) is 9.80 Å². The van der Waals surface area contributed by atoms with Gasteiger partial charge in [0.1, 0.15) is 13.1 Å². The Morgan fingerprint density at radius 2 is 1.75 bits per heavy atom. The summed E-state index contributed by atoms with van der Waals surface area (Å²) in [7, 11) is 0. The minimum absolute atomic E-state index is 0.0656. The van der Waals surface area contributed by atoms with Crippen LogP contribution in [0.4, 0.5) is 0 Å². The molecule has 1 N–H and O–H groups in total. The van der Waals surface area contributed by atoms with E-state index in [0.717, 1.165) is 32.8 Å². The van der Waals surface area contributed by atoms with Crippen LogP contribution in [0.3, 0.4) is 0 Å². The third-order valence-corrected chi connectivity index (χ3v) is 6.56. The Hall–Kier alpha value is -2.38. The monoisotopic (exact) mass is 474 g/mol. The van der Waals surface area contributed by atoms with Gasteiger partial charge in [-0.15, -0.1) is 0 Å². The number of rotatable bonds is 6. The molecule has 6 nitrogen and oxygen atoms in total. The molecule has 2 aliphatic rings. The molecule has 1 amide bonds. The number of hydrogen-bond acceptors (Lipinski definition) is 4. The lowest BCUT2D eigenvalue weighted by atomic mass is 9.95. The molecule has 0 radical (unpaired) electrons. The van der Waals surface area contributed by atoms with Crippen LogP contribution >= 0.6 is 23.2 Å². The average molecular weight is 475 g/mol. The zero-order chi connectivity index (χ0) is 22.7. The smallest absolute Gasteiger partial charge is 0.295 e. The maximum Gasteiger partial charge on any atom is 0.295 e. The Balaban J connectivity index is 1.68. The van der Waals surface area contributed by atoms with Crippen LogP contribution in [-0.4, -0.2) is 56.0 Å². The SMILES string of the molecule is O=C1C(=O)N(CCC[NH+]2CCOCC2)C(c2ccccc2Cl)C1=C([O-])c1ccc(Cl)cc1. The molecule has 8 heteroatoms. The third-order valence-electron chi connectivity index (χ3n) is 5.96. The molecule has 0 spiro atoms. The fraction of sp³-hybridized carbons (Fsp3) is 0.333. The highest BCUT2D eigenvalue weighted by molar-refractivity contribution is 6.46. The Kier molecular flexibility index (Phi) is 7.16. The highest BCUT2D eigenvalue weighted by Crippen LogP contribution is 2.41. The summed E-state index contributed by atoms with van der Waals surface area (Å²) in [5.41, 5.74) is 0.816. The second-order valence-corrected chi connectivity index (χ2v) is 8.81. The van der Waals surface area contributed by atoms with Crippen LogP contribution in [0.2, 0.25) is 10.0 Å². The Labute approximate surface area is 197 Å². The lowest BCUT2D eigenvalue weighted by molar-refractivity contribution is -0.908. The van der Waals surface area contributed by atoms with E-state index in [1.54, 1.807) is 48.5 Å². The first-order chi connectivity index (χ1) is 15.5. The molecule has 2 aromatic rings. The topological polar surface area (TPSA) is 74.1 Å². The van der Waals surface area contributed by atoms with Crippen LogP contribution in [0.25, 0.3) is 5.76 Å². The largest absolute Gasteiger partial charge is 0.872 e. The molecule has 2 heterocycles. The molecular weight excluding hydrogens is 451 g/mol. The van der Waals surface area contributed by atoms with E-state index < -0.39 is 23.5 Å². The molecule has 2 aromatic carbocycles. The van der Waals surface area contributed by atoms with E-state index in [4.69, 9.17) is 27.9 Å². The summed E-state index contributed by atoms with van der Waals surface area (Å²) >= 11 is 12.4. The number of hydrogen-bond donors (Lipinski definition) is 1. The standard InChI is InChI=1S/C24H24Cl2N2O4/c25-17-8-6-16(7-9-17)22(29)20-21(18-4-1-2-5-19(18)26)28(24(31)23(20)30)11-3-10-27-12-14-32-15-13-27/h1-2,4-9,21,29H,3,10-15H2. The molecule has 0 aromatic heterocycles. The van der Waals surface area contributed by atoms with Crippen molar-refractivity contribution in [3.05, 3.63) is 75.3 Å². The quantitative estimate of drug-likeness (QED) is 0.391. The minimum atomic E-state index is -0.813. The molecule has 32 heavy (non-hydrogen) atoms. The maximum absolute atomic E-state index is 13.3. The first-order valence-corrected chi connectivity index (χ1v) is 11.4. The summed E-state index contributed by atoms with van der Waals surface area (Å²) in [6.07, 6.45) is 0.706. The van der Waals surface area contributed by atoms with E-state index >= 15 is 0 Å². The molecule has 2 saturated heterocycles. The predicted octanol–water partition coefficient (Wildman–Crippen LogP) is 1.52. The lowest BCUT2D eigenvalue weighted by Crippen LogP contribution is -3.14. The van der Waals surface area contributed by atoms with Crippen molar-refractivity contribution in [2.75, 3.05) is 39.4 Å². The number of carbonyl (C=O) groups excluding carboxylic acids is 2. The van der Waals surface area contributed by atoms with Crippen LogP contribution in [0.1, 0.15) is 23.6 Å². The van der Waals surface area contributed by atoms with Gasteiger partial charge in [-0.05, 0) is 29.3 Å². The molecule has 0 saturated carbocycles. The van der Waals surface area contributed by atoms with Crippen molar-refractivity contribution in [3.8, 4) is 0 Å². The number of likely N-dealkylation sites (tertiary alicyclic amines) is 1. The van der Waals surface area contributed by atoms with Gasteiger partial charge in [0, 0.05) is 28.6 Å². The summed E-state index contributed by atoms with van der Waals surface area (Å²) in [5.74, 6) is -1.91. The molecule has 2 fully saturated rings. The van der Waals surface area contributed by atoms with E-state index in [-0.39, 0.29) is 5.57 Å². The lowest BCUT2D eigenvalue weighted by Gasteiger charge is -2.29. The number of halogens is 2. The van der Waals surface area contributed by atoms with Gasteiger partial charge in [-0.25, -0.2) is 0 Å². The van der Waals surface area contributed by atoms with E-state index in [9.17, 15) is 14.7 Å². The third kappa shape index (κ3) is 4.69. The maximum atomic E-state index is 13.3. The molecule has 168 valence electrons. The Morgan fingerprint density at radius 1 is 1.06 bits per heavy atom. The van der Waals surface area contributed by atoms with E-state index in [2.05, 4.69) is 0 Å². The van der Waals surface area contributed by atoms with Gasteiger partial charge in [0.25, 0.3) is 5.91 Å². The summed E-state index contributed by atoms with van der Waals surface area (Å²) in [4.78, 5) is 28.9. The van der Waals surface area contributed by atoms with E-state index in [0.29, 0.717) is 34.1 Å². The zero-order valence-electron chi connectivity index (χ0n) is 17.5. The second-order valence-electron chi connectivity index (χ2n) is 7.97. The fourth-order valence-corrected chi connectivity index (χ4v) is 4.65. The Morgan fingerprint density at radius 3 is 2.44 bits per heavy atom. The van der Waals surface area contributed by atoms with Crippen molar-refractivity contribution in [1.29, 1.82) is 0 Å². The minimum Gasteiger partial charge on any atom is -0.872 e. The number of ketones is 1. The van der Waals surface area contributed by atoms with Crippen LogP contribution < -0.4 is 10.0 Å². The van der Waals surface area contributed by atoms with Crippen molar-refractivity contribution in [1.82, 2.24) is 4.90 Å². The normalized spacial score (nSPS) is 21.3. The molecule has 1 unspecified atom stereocenters. The van der Waals surface area contributed by atoms with Gasteiger partial charge in [0.15, 0.2) is 0 Å². The number of Topliss-reactive ketones (excluding diaryl/α,β-unsaturated/α-hetero) is 1. The highest BCUT2D eigenvalue weighted by atomic mass is 35.5. The number of benzene rings is 2. The van der Waals surface area contributed by atoms with Gasteiger partial charge in [-0.1, -0.05) is 59.3 Å². The molecule has 4 rings (SSSR count). The van der Waals surface area contributed by atoms with Gasteiger partial charge >= 0.3 is 0 Å². The van der Waals surface area contributed by atoms with Gasteiger partial charge in [-0.3, -0.25) is 9.59 Å². The van der Waals surface area contributed by atoms with Crippen LogP contribution in [0.5, 0.6) is 0 Å². The molecule has 0 bridgehead atoms. The summed E-state index contributed by atoms with van der Waals surface area (Å²) < 4.78 is 5.39. The van der Waals surface area contributed by atoms with Crippen LogP contribution in [-0.2, 0) is 14.3 Å². The first kappa shape index (κ1) is 22.8. The summed E-state index contributed by atoms with van der Waals surface area (Å²) in [5, 5.41) is 14.2. The van der Waals surface area contributed by atoms with Crippen molar-refractivity contribution in [2.24, 2.45) is 0 Å². The number of morpholine rings is 1. The van der Waals surface area contributed by atoms with Gasteiger partial charge < -0.3 is 19.6 Å². The summed E-state index contributed by atoms with van der Waals surface area (Å²) in [6, 6.07) is 12.5. The number of amides is 1. The first-order valence-electron chi connectivity index (χ1n) is 10.7. The molecular formula is C24H24Cl2N2O4. The second kappa shape index (κ2) is 10.0. The van der Waals surface area contributed by atoms with Crippen molar-refractivity contribution in [3.63, 3.8) is 0 Å². The number of nitrogens with one attached hydrogen (secondary N) is 1. The highest BCUT2D eigenvalue weighted by Gasteiger charge is 2.44. The Bertz CT molecular complexity index is 1030. The number of ether oxygens (including phenoxy) is 1. The molecule has 2 aliphatic heterocycles. The number of carbonyl (C=O) groups is 2. The van der Waals surface area contributed by atoms with Gasteiger partial charge in [0.2, 0.25) is 5.78 Å². The van der Waals surface area contributed by atoms with Crippen LogP contribution in [0.15, 0.2) is 54.1 Å². The molecule has 1 atom stereocenters. The van der Waals surface area contributed by atoms with Crippen molar-refractivity contribution >= 4 is 40.7 Å². The van der Waals surface area contributed by atoms with Gasteiger partial charge in [0.05, 0.1) is 25.8 Å². The number of quaternary nitrogens is 1. The summed E-state index contributed by atoms with van der Waals surface area (Å²) in [6.45, 7) is 4.53. The fourth-order valence-electron chi connectivity index (χ4n) is 4.29. The molecule has 0 aliphatic carbocycles.